The summed E-state index contributed by atoms with van der Waals surface area (Å²) in [7, 11) is 5.65. The highest BCUT2D eigenvalue weighted by Gasteiger charge is 2.15. The van der Waals surface area contributed by atoms with E-state index >= 15 is 0 Å². The molecule has 0 aliphatic rings. The molecule has 0 aliphatic heterocycles. The van der Waals surface area contributed by atoms with Gasteiger partial charge in [0.1, 0.15) is 11.4 Å². The normalized spacial score (nSPS) is 12.4. The molecule has 0 atom stereocenters. The number of rotatable bonds is 10. The zero-order valence-electron chi connectivity index (χ0n) is 18.2. The van der Waals surface area contributed by atoms with Crippen LogP contribution in [0.5, 0.6) is 5.75 Å². The van der Waals surface area contributed by atoms with Gasteiger partial charge in [-0.1, -0.05) is 12.1 Å². The van der Waals surface area contributed by atoms with Crippen molar-refractivity contribution in [2.24, 2.45) is 4.99 Å². The summed E-state index contributed by atoms with van der Waals surface area (Å²) in [6.45, 7) is 12.6. The fraction of sp³-hybridized carbons (Fsp3) is 0.667. The van der Waals surface area contributed by atoms with Crippen LogP contribution in [0, 0.1) is 6.92 Å². The van der Waals surface area contributed by atoms with Gasteiger partial charge in [-0.15, -0.1) is 0 Å². The van der Waals surface area contributed by atoms with Crippen molar-refractivity contribution >= 4 is 5.96 Å². The molecular weight excluding hydrogens is 340 g/mol. The summed E-state index contributed by atoms with van der Waals surface area (Å²) in [6.07, 6.45) is 1.05. The summed E-state index contributed by atoms with van der Waals surface area (Å²) >= 11 is 0. The lowest BCUT2D eigenvalue weighted by Gasteiger charge is -2.24. The Balaban J connectivity index is 2.51. The largest absolute Gasteiger partial charge is 0.488 e. The molecule has 1 aromatic rings. The number of nitrogens with zero attached hydrogens (tertiary/aromatic N) is 2. The molecule has 0 radical (unpaired) electrons. The van der Waals surface area contributed by atoms with Crippen molar-refractivity contribution in [1.82, 2.24) is 15.5 Å². The molecule has 0 fully saturated rings. The van der Waals surface area contributed by atoms with Gasteiger partial charge >= 0.3 is 0 Å². The minimum absolute atomic E-state index is 0.226. The fourth-order valence-corrected chi connectivity index (χ4v) is 2.59. The van der Waals surface area contributed by atoms with Gasteiger partial charge in [0.2, 0.25) is 0 Å². The van der Waals surface area contributed by atoms with Gasteiger partial charge in [0.05, 0.1) is 0 Å². The summed E-state index contributed by atoms with van der Waals surface area (Å²) in [5.74, 6) is 1.71. The SMILES string of the molecule is CN=C(NCCN(C)CCCOC)NCc1ccc(C)cc1OC(C)(C)C. The van der Waals surface area contributed by atoms with Crippen molar-refractivity contribution in [2.75, 3.05) is 47.4 Å². The predicted octanol–water partition coefficient (Wildman–Crippen LogP) is 2.81. The Morgan fingerprint density at radius 3 is 2.56 bits per heavy atom. The molecule has 0 saturated carbocycles. The van der Waals surface area contributed by atoms with Gasteiger partial charge in [0.15, 0.2) is 5.96 Å². The first-order valence-corrected chi connectivity index (χ1v) is 9.65. The van der Waals surface area contributed by atoms with E-state index in [1.165, 1.54) is 5.56 Å². The van der Waals surface area contributed by atoms with E-state index in [1.807, 2.05) is 0 Å². The molecule has 0 amide bonds. The Morgan fingerprint density at radius 2 is 1.93 bits per heavy atom. The molecule has 0 spiro atoms. The molecule has 6 nitrogen and oxygen atoms in total. The van der Waals surface area contributed by atoms with Crippen molar-refractivity contribution < 1.29 is 9.47 Å². The second-order valence-electron chi connectivity index (χ2n) is 7.83. The van der Waals surface area contributed by atoms with Crippen LogP contribution < -0.4 is 15.4 Å². The van der Waals surface area contributed by atoms with Gasteiger partial charge in [-0.05, 0) is 52.8 Å². The molecule has 6 heteroatoms. The first-order valence-electron chi connectivity index (χ1n) is 9.65. The van der Waals surface area contributed by atoms with Crippen LogP contribution in [0.2, 0.25) is 0 Å². The van der Waals surface area contributed by atoms with Crippen LogP contribution in [0.3, 0.4) is 0 Å². The molecule has 154 valence electrons. The van der Waals surface area contributed by atoms with Crippen LogP contribution in [-0.4, -0.2) is 63.9 Å². The van der Waals surface area contributed by atoms with Crippen molar-refractivity contribution in [3.63, 3.8) is 0 Å². The van der Waals surface area contributed by atoms with Crippen LogP contribution in [0.25, 0.3) is 0 Å². The van der Waals surface area contributed by atoms with E-state index in [1.54, 1.807) is 14.2 Å². The lowest BCUT2D eigenvalue weighted by atomic mass is 10.1. The summed E-state index contributed by atoms with van der Waals surface area (Å²) in [6, 6.07) is 6.31. The number of ether oxygens (including phenoxy) is 2. The number of hydrogen-bond acceptors (Lipinski definition) is 4. The third kappa shape index (κ3) is 10.2. The number of benzene rings is 1. The maximum absolute atomic E-state index is 6.12. The standard InChI is InChI=1S/C21H38N4O2/c1-17-9-10-18(19(15-17)27-21(2,3)4)16-24-20(22-5)23-11-13-25(6)12-8-14-26-7/h9-10,15H,8,11-14,16H2,1-7H3,(H2,22,23,24). The lowest BCUT2D eigenvalue weighted by molar-refractivity contribution is 0.129. The quantitative estimate of drug-likeness (QED) is 0.372. The maximum atomic E-state index is 6.12. The van der Waals surface area contributed by atoms with E-state index in [2.05, 4.69) is 73.5 Å². The number of methoxy groups -OCH3 is 1. The van der Waals surface area contributed by atoms with Gasteiger partial charge in [-0.2, -0.15) is 0 Å². The molecule has 0 aliphatic carbocycles. The Labute approximate surface area is 165 Å². The molecule has 1 aromatic carbocycles. The van der Waals surface area contributed by atoms with Crippen LogP contribution in [0.4, 0.5) is 0 Å². The second-order valence-corrected chi connectivity index (χ2v) is 7.83. The number of hydrogen-bond donors (Lipinski definition) is 2. The van der Waals surface area contributed by atoms with Crippen LogP contribution in [-0.2, 0) is 11.3 Å². The molecule has 27 heavy (non-hydrogen) atoms. The summed E-state index contributed by atoms with van der Waals surface area (Å²) in [5, 5.41) is 6.74. The molecule has 0 saturated heterocycles. The average molecular weight is 379 g/mol. The first kappa shape index (κ1) is 23.2. The van der Waals surface area contributed by atoms with E-state index in [4.69, 9.17) is 9.47 Å². The van der Waals surface area contributed by atoms with Crippen LogP contribution in [0.1, 0.15) is 38.3 Å². The summed E-state index contributed by atoms with van der Waals surface area (Å²) < 4.78 is 11.2. The highest BCUT2D eigenvalue weighted by Crippen LogP contribution is 2.24. The molecular formula is C21H38N4O2. The highest BCUT2D eigenvalue weighted by molar-refractivity contribution is 5.79. The molecule has 1 rings (SSSR count). The third-order valence-corrected chi connectivity index (χ3v) is 3.98. The minimum Gasteiger partial charge on any atom is -0.488 e. The number of aryl methyl sites for hydroxylation is 1. The molecule has 0 bridgehead atoms. The van der Waals surface area contributed by atoms with Crippen molar-refractivity contribution in [2.45, 2.75) is 46.3 Å². The van der Waals surface area contributed by atoms with Crippen molar-refractivity contribution in [3.05, 3.63) is 29.3 Å². The Kier molecular flexibility index (Phi) is 10.2. The van der Waals surface area contributed by atoms with Gasteiger partial charge < -0.3 is 25.0 Å². The minimum atomic E-state index is -0.226. The fourth-order valence-electron chi connectivity index (χ4n) is 2.59. The molecule has 0 unspecified atom stereocenters. The second kappa shape index (κ2) is 11.8. The van der Waals surface area contributed by atoms with Crippen LogP contribution in [0.15, 0.2) is 23.2 Å². The van der Waals surface area contributed by atoms with Gasteiger partial charge in [0, 0.05) is 52.5 Å². The average Bonchev–Trinajstić information content (AvgIpc) is 2.58. The van der Waals surface area contributed by atoms with E-state index in [-0.39, 0.29) is 5.60 Å². The zero-order chi connectivity index (χ0) is 20.3. The summed E-state index contributed by atoms with van der Waals surface area (Å²) in [5.41, 5.74) is 2.09. The maximum Gasteiger partial charge on any atom is 0.191 e. The van der Waals surface area contributed by atoms with Gasteiger partial charge in [0.25, 0.3) is 0 Å². The topological polar surface area (TPSA) is 58.1 Å². The zero-order valence-corrected chi connectivity index (χ0v) is 18.2. The van der Waals surface area contributed by atoms with E-state index in [0.717, 1.165) is 49.9 Å². The Bertz CT molecular complexity index is 582. The van der Waals surface area contributed by atoms with E-state index in [9.17, 15) is 0 Å². The monoisotopic (exact) mass is 378 g/mol. The highest BCUT2D eigenvalue weighted by atomic mass is 16.5. The van der Waals surface area contributed by atoms with Crippen molar-refractivity contribution in [1.29, 1.82) is 0 Å². The first-order chi connectivity index (χ1) is 12.7. The lowest BCUT2D eigenvalue weighted by Crippen LogP contribution is -2.40. The Hall–Kier alpha value is -1.79. The van der Waals surface area contributed by atoms with Gasteiger partial charge in [-0.3, -0.25) is 4.99 Å². The smallest absolute Gasteiger partial charge is 0.191 e. The third-order valence-electron chi connectivity index (χ3n) is 3.98. The van der Waals surface area contributed by atoms with E-state index in [0.29, 0.717) is 6.54 Å². The number of guanidine groups is 1. The number of aliphatic imine (C=N–C) groups is 1. The molecule has 0 heterocycles. The Morgan fingerprint density at radius 1 is 1.19 bits per heavy atom. The van der Waals surface area contributed by atoms with E-state index < -0.39 is 0 Å². The summed E-state index contributed by atoms with van der Waals surface area (Å²) in [4.78, 5) is 6.60. The molecule has 2 N–H and O–H groups in total. The number of nitrogens with one attached hydrogen (secondary N) is 2. The number of likely N-dealkylation sites (N-methyl/N-ethyl adjacent to an activating group) is 1. The van der Waals surface area contributed by atoms with Crippen molar-refractivity contribution in [3.8, 4) is 5.75 Å². The predicted molar refractivity (Wildman–Crippen MR) is 114 cm³/mol. The molecule has 0 aromatic heterocycles. The van der Waals surface area contributed by atoms with Gasteiger partial charge in [-0.25, -0.2) is 0 Å². The van der Waals surface area contributed by atoms with Crippen LogP contribution >= 0.6 is 0 Å².